The van der Waals surface area contributed by atoms with Crippen molar-refractivity contribution in [3.63, 3.8) is 0 Å². The van der Waals surface area contributed by atoms with E-state index in [1.54, 1.807) is 0 Å². The first-order valence-corrected chi connectivity index (χ1v) is 4.01. The molecule has 1 aromatic rings. The van der Waals surface area contributed by atoms with Gasteiger partial charge in [-0.1, -0.05) is 12.1 Å². The average Bonchev–Trinajstić information content (AvgIpc) is 2.16. The van der Waals surface area contributed by atoms with Crippen LogP contribution in [0.5, 0.6) is 0 Å². The maximum absolute atomic E-state index is 12.5. The van der Waals surface area contributed by atoms with Crippen molar-refractivity contribution >= 4 is 5.91 Å². The number of aliphatic hydroxyl groups is 1. The molecule has 2 unspecified atom stereocenters. The number of hydrogen-bond donors (Lipinski definition) is 3. The van der Waals surface area contributed by atoms with Crippen LogP contribution in [0.4, 0.5) is 4.39 Å². The Hall–Kier alpha value is -1.46. The number of halogens is 1. The number of carbonyl (C=O) groups is 1. The fourth-order valence-electron chi connectivity index (χ4n) is 1.04. The van der Waals surface area contributed by atoms with Gasteiger partial charge < -0.3 is 16.6 Å². The van der Waals surface area contributed by atoms with Gasteiger partial charge in [0.15, 0.2) is 6.10 Å². The highest BCUT2D eigenvalue weighted by Crippen LogP contribution is 2.14. The third kappa shape index (κ3) is 2.27. The number of hydrogen-bond acceptors (Lipinski definition) is 3. The standard InChI is InChI=1S/C9H11FN2O2/c10-6-3-1-5(2-4-6)7(11)8(13)9(12)14/h1-4,7-8,13H,11H2,(H2,12,14). The van der Waals surface area contributed by atoms with E-state index in [0.29, 0.717) is 5.56 Å². The number of carbonyl (C=O) groups excluding carboxylic acids is 1. The Morgan fingerprint density at radius 1 is 1.36 bits per heavy atom. The molecule has 0 heterocycles. The van der Waals surface area contributed by atoms with Gasteiger partial charge in [0.2, 0.25) is 5.91 Å². The number of aliphatic hydroxyl groups excluding tert-OH is 1. The molecule has 0 bridgehead atoms. The fraction of sp³-hybridized carbons (Fsp3) is 0.222. The molecule has 2 atom stereocenters. The van der Waals surface area contributed by atoms with Gasteiger partial charge in [-0.05, 0) is 17.7 Å². The van der Waals surface area contributed by atoms with Crippen molar-refractivity contribution < 1.29 is 14.3 Å². The molecule has 0 spiro atoms. The van der Waals surface area contributed by atoms with E-state index in [4.69, 9.17) is 11.5 Å². The van der Waals surface area contributed by atoms with E-state index < -0.39 is 23.9 Å². The molecule has 14 heavy (non-hydrogen) atoms. The van der Waals surface area contributed by atoms with Gasteiger partial charge in [0, 0.05) is 0 Å². The van der Waals surface area contributed by atoms with Crippen LogP contribution >= 0.6 is 0 Å². The molecule has 0 saturated heterocycles. The normalized spacial score (nSPS) is 14.8. The van der Waals surface area contributed by atoms with Gasteiger partial charge >= 0.3 is 0 Å². The second kappa shape index (κ2) is 4.17. The number of benzene rings is 1. The fourth-order valence-corrected chi connectivity index (χ4v) is 1.04. The summed E-state index contributed by atoms with van der Waals surface area (Å²) in [5, 5.41) is 9.22. The summed E-state index contributed by atoms with van der Waals surface area (Å²) in [6.45, 7) is 0. The summed E-state index contributed by atoms with van der Waals surface area (Å²) in [5.74, 6) is -1.31. The first-order valence-electron chi connectivity index (χ1n) is 4.01. The smallest absolute Gasteiger partial charge is 0.248 e. The molecule has 5 N–H and O–H groups in total. The first-order chi connectivity index (χ1) is 6.52. The Bertz CT molecular complexity index is 326. The van der Waals surface area contributed by atoms with Crippen LogP contribution in [-0.4, -0.2) is 17.1 Å². The quantitative estimate of drug-likeness (QED) is 0.621. The summed E-state index contributed by atoms with van der Waals surface area (Å²) in [5.41, 5.74) is 10.8. The number of amides is 1. The van der Waals surface area contributed by atoms with Crippen LogP contribution in [0.3, 0.4) is 0 Å². The summed E-state index contributed by atoms with van der Waals surface area (Å²) >= 11 is 0. The maximum Gasteiger partial charge on any atom is 0.248 e. The lowest BCUT2D eigenvalue weighted by Gasteiger charge is -2.15. The third-order valence-corrected chi connectivity index (χ3v) is 1.89. The largest absolute Gasteiger partial charge is 0.381 e. The Labute approximate surface area is 80.3 Å². The van der Waals surface area contributed by atoms with Gasteiger partial charge in [-0.3, -0.25) is 4.79 Å². The lowest BCUT2D eigenvalue weighted by Crippen LogP contribution is -2.37. The van der Waals surface area contributed by atoms with E-state index in [-0.39, 0.29) is 0 Å². The van der Waals surface area contributed by atoms with Crippen molar-refractivity contribution in [2.24, 2.45) is 11.5 Å². The predicted octanol–water partition coefficient (Wildman–Crippen LogP) is -0.328. The molecule has 1 aromatic carbocycles. The molecular weight excluding hydrogens is 187 g/mol. The Kier molecular flexibility index (Phi) is 3.16. The molecule has 1 amide bonds. The lowest BCUT2D eigenvalue weighted by atomic mass is 10.0. The molecule has 0 aliphatic carbocycles. The van der Waals surface area contributed by atoms with Crippen LogP contribution in [0, 0.1) is 5.82 Å². The molecule has 4 nitrogen and oxygen atoms in total. The van der Waals surface area contributed by atoms with Crippen molar-refractivity contribution in [3.8, 4) is 0 Å². The first kappa shape index (κ1) is 10.6. The van der Waals surface area contributed by atoms with Crippen LogP contribution in [0.1, 0.15) is 11.6 Å². The highest BCUT2D eigenvalue weighted by molar-refractivity contribution is 5.79. The minimum atomic E-state index is -1.46. The molecule has 0 aliphatic heterocycles. The Balaban J connectivity index is 2.84. The Morgan fingerprint density at radius 2 is 1.86 bits per heavy atom. The zero-order valence-corrected chi connectivity index (χ0v) is 7.35. The van der Waals surface area contributed by atoms with E-state index in [0.717, 1.165) is 0 Å². The molecule has 0 saturated carbocycles. The second-order valence-corrected chi connectivity index (χ2v) is 2.92. The van der Waals surface area contributed by atoms with E-state index in [9.17, 15) is 14.3 Å². The van der Waals surface area contributed by atoms with Crippen molar-refractivity contribution in [2.45, 2.75) is 12.1 Å². The minimum Gasteiger partial charge on any atom is -0.381 e. The van der Waals surface area contributed by atoms with Crippen LogP contribution in [-0.2, 0) is 4.79 Å². The second-order valence-electron chi connectivity index (χ2n) is 2.92. The zero-order chi connectivity index (χ0) is 10.7. The van der Waals surface area contributed by atoms with Crippen molar-refractivity contribution in [2.75, 3.05) is 0 Å². The van der Waals surface area contributed by atoms with Crippen molar-refractivity contribution in [1.29, 1.82) is 0 Å². The van der Waals surface area contributed by atoms with Crippen LogP contribution in [0.15, 0.2) is 24.3 Å². The monoisotopic (exact) mass is 198 g/mol. The third-order valence-electron chi connectivity index (χ3n) is 1.89. The zero-order valence-electron chi connectivity index (χ0n) is 7.35. The van der Waals surface area contributed by atoms with Gasteiger partial charge in [0.1, 0.15) is 5.82 Å². The molecule has 1 rings (SSSR count). The molecule has 76 valence electrons. The highest BCUT2D eigenvalue weighted by Gasteiger charge is 2.21. The summed E-state index contributed by atoms with van der Waals surface area (Å²) in [4.78, 5) is 10.6. The van der Waals surface area contributed by atoms with Crippen LogP contribution in [0.25, 0.3) is 0 Å². The maximum atomic E-state index is 12.5. The van der Waals surface area contributed by atoms with Crippen LogP contribution in [0.2, 0.25) is 0 Å². The summed E-state index contributed by atoms with van der Waals surface area (Å²) in [6, 6.07) is 4.26. The van der Waals surface area contributed by atoms with E-state index in [2.05, 4.69) is 0 Å². The number of rotatable bonds is 3. The van der Waals surface area contributed by atoms with Crippen LogP contribution < -0.4 is 11.5 Å². The molecule has 5 heteroatoms. The summed E-state index contributed by atoms with van der Waals surface area (Å²) < 4.78 is 12.5. The molecular formula is C9H11FN2O2. The summed E-state index contributed by atoms with van der Waals surface area (Å²) in [7, 11) is 0. The average molecular weight is 198 g/mol. The van der Waals surface area contributed by atoms with Crippen molar-refractivity contribution in [3.05, 3.63) is 35.6 Å². The van der Waals surface area contributed by atoms with Crippen molar-refractivity contribution in [1.82, 2.24) is 0 Å². The van der Waals surface area contributed by atoms with Gasteiger partial charge in [-0.2, -0.15) is 0 Å². The summed E-state index contributed by atoms with van der Waals surface area (Å²) in [6.07, 6.45) is -1.46. The van der Waals surface area contributed by atoms with Gasteiger partial charge in [-0.25, -0.2) is 4.39 Å². The Morgan fingerprint density at radius 3 is 2.29 bits per heavy atom. The molecule has 0 aromatic heterocycles. The minimum absolute atomic E-state index is 0.408. The predicted molar refractivity (Wildman–Crippen MR) is 48.5 cm³/mol. The van der Waals surface area contributed by atoms with E-state index in [1.165, 1.54) is 24.3 Å². The number of nitrogens with two attached hydrogens (primary N) is 2. The SMILES string of the molecule is NC(=O)C(O)C(N)c1ccc(F)cc1. The molecule has 0 radical (unpaired) electrons. The van der Waals surface area contributed by atoms with E-state index >= 15 is 0 Å². The lowest BCUT2D eigenvalue weighted by molar-refractivity contribution is -0.127. The number of primary amides is 1. The molecule has 0 fully saturated rings. The van der Waals surface area contributed by atoms with E-state index in [1.807, 2.05) is 0 Å². The van der Waals surface area contributed by atoms with Gasteiger partial charge in [0.25, 0.3) is 0 Å². The van der Waals surface area contributed by atoms with Gasteiger partial charge in [-0.15, -0.1) is 0 Å². The van der Waals surface area contributed by atoms with Gasteiger partial charge in [0.05, 0.1) is 6.04 Å². The topological polar surface area (TPSA) is 89.3 Å². The highest BCUT2D eigenvalue weighted by atomic mass is 19.1. The molecule has 0 aliphatic rings.